The van der Waals surface area contributed by atoms with Crippen LogP contribution in [-0.2, 0) is 4.74 Å². The molecule has 0 saturated carbocycles. The maximum Gasteiger partial charge on any atom is 0.410 e. The minimum atomic E-state index is -2.53. The molecule has 4 nitrogen and oxygen atoms in total. The maximum absolute atomic E-state index is 12.6. The van der Waals surface area contributed by atoms with Gasteiger partial charge < -0.3 is 14.7 Å². The van der Waals surface area contributed by atoms with E-state index in [2.05, 4.69) is 0 Å². The van der Waals surface area contributed by atoms with E-state index in [1.165, 1.54) is 0 Å². The molecule has 1 N–H and O–H groups in total. The van der Waals surface area contributed by atoms with Crippen molar-refractivity contribution in [1.82, 2.24) is 4.90 Å². The minimum absolute atomic E-state index is 0.0248. The van der Waals surface area contributed by atoms with E-state index < -0.39 is 30.1 Å². The molecule has 0 aliphatic carbocycles. The SMILES string of the molecule is CC(C)(C)OC(=O)N1CC(O)CC(C(F)F)C1. The molecule has 1 aliphatic rings. The van der Waals surface area contributed by atoms with Crippen molar-refractivity contribution in [2.24, 2.45) is 5.92 Å². The lowest BCUT2D eigenvalue weighted by atomic mass is 9.97. The highest BCUT2D eigenvalue weighted by atomic mass is 19.3. The van der Waals surface area contributed by atoms with Crippen LogP contribution in [0, 0.1) is 5.92 Å². The number of nitrogens with zero attached hydrogens (tertiary/aromatic N) is 1. The Morgan fingerprint density at radius 3 is 2.47 bits per heavy atom. The Kier molecular flexibility index (Phi) is 4.30. The normalized spacial score (nSPS) is 26.2. The molecule has 0 aromatic carbocycles. The summed E-state index contributed by atoms with van der Waals surface area (Å²) in [6.45, 7) is 5.10. The molecule has 1 saturated heterocycles. The number of rotatable bonds is 1. The molecule has 0 aromatic rings. The third-order valence-corrected chi connectivity index (χ3v) is 2.47. The lowest BCUT2D eigenvalue weighted by molar-refractivity contribution is -0.0384. The summed E-state index contributed by atoms with van der Waals surface area (Å²) in [6.07, 6.45) is -4.07. The summed E-state index contributed by atoms with van der Waals surface area (Å²) in [4.78, 5) is 12.8. The van der Waals surface area contributed by atoms with Gasteiger partial charge in [-0.2, -0.15) is 0 Å². The van der Waals surface area contributed by atoms with E-state index in [4.69, 9.17) is 4.74 Å². The third kappa shape index (κ3) is 4.46. The summed E-state index contributed by atoms with van der Waals surface area (Å²) >= 11 is 0. The van der Waals surface area contributed by atoms with Crippen LogP contribution in [0.4, 0.5) is 13.6 Å². The first-order chi connectivity index (χ1) is 7.69. The summed E-state index contributed by atoms with van der Waals surface area (Å²) in [5.74, 6) is -0.980. The number of carbonyl (C=O) groups excluding carboxylic acids is 1. The number of ether oxygens (including phenoxy) is 1. The van der Waals surface area contributed by atoms with E-state index in [-0.39, 0.29) is 19.5 Å². The molecular formula is C11H19F2NO3. The minimum Gasteiger partial charge on any atom is -0.444 e. The lowest BCUT2D eigenvalue weighted by Crippen LogP contribution is -2.49. The van der Waals surface area contributed by atoms with Crippen LogP contribution < -0.4 is 0 Å². The van der Waals surface area contributed by atoms with Gasteiger partial charge in [-0.3, -0.25) is 0 Å². The molecule has 1 heterocycles. The van der Waals surface area contributed by atoms with E-state index in [1.54, 1.807) is 20.8 Å². The number of carbonyl (C=O) groups is 1. The average Bonchev–Trinajstić information content (AvgIpc) is 2.13. The van der Waals surface area contributed by atoms with Gasteiger partial charge in [-0.15, -0.1) is 0 Å². The number of aliphatic hydroxyl groups excluding tert-OH is 1. The molecule has 1 fully saturated rings. The Morgan fingerprint density at radius 1 is 1.41 bits per heavy atom. The second-order valence-electron chi connectivity index (χ2n) is 5.37. The summed E-state index contributed by atoms with van der Waals surface area (Å²) in [6, 6.07) is 0. The van der Waals surface area contributed by atoms with Crippen molar-refractivity contribution in [1.29, 1.82) is 0 Å². The molecule has 1 amide bonds. The number of likely N-dealkylation sites (tertiary alicyclic amines) is 1. The van der Waals surface area contributed by atoms with E-state index in [0.29, 0.717) is 0 Å². The second kappa shape index (κ2) is 5.16. The molecule has 0 spiro atoms. The number of piperidine rings is 1. The predicted octanol–water partition coefficient (Wildman–Crippen LogP) is 1.87. The number of alkyl halides is 2. The Hall–Kier alpha value is -0.910. The zero-order chi connectivity index (χ0) is 13.2. The van der Waals surface area contributed by atoms with Gasteiger partial charge in [0.05, 0.1) is 6.10 Å². The third-order valence-electron chi connectivity index (χ3n) is 2.47. The van der Waals surface area contributed by atoms with Crippen LogP contribution >= 0.6 is 0 Å². The zero-order valence-electron chi connectivity index (χ0n) is 10.3. The number of amides is 1. The maximum atomic E-state index is 12.6. The molecule has 17 heavy (non-hydrogen) atoms. The van der Waals surface area contributed by atoms with Gasteiger partial charge in [-0.25, -0.2) is 13.6 Å². The van der Waals surface area contributed by atoms with E-state index >= 15 is 0 Å². The van der Waals surface area contributed by atoms with E-state index in [0.717, 1.165) is 4.90 Å². The molecule has 2 unspecified atom stereocenters. The van der Waals surface area contributed by atoms with Gasteiger partial charge in [0.25, 0.3) is 0 Å². The number of hydrogen-bond acceptors (Lipinski definition) is 3. The van der Waals surface area contributed by atoms with Crippen molar-refractivity contribution in [3.8, 4) is 0 Å². The number of halogens is 2. The fraction of sp³-hybridized carbons (Fsp3) is 0.909. The Bertz CT molecular complexity index is 278. The molecule has 100 valence electrons. The van der Waals surface area contributed by atoms with E-state index in [9.17, 15) is 18.7 Å². The van der Waals surface area contributed by atoms with Gasteiger partial charge in [0.15, 0.2) is 0 Å². The van der Waals surface area contributed by atoms with Crippen LogP contribution in [0.15, 0.2) is 0 Å². The Labute approximate surface area is 99.5 Å². The predicted molar refractivity (Wildman–Crippen MR) is 57.9 cm³/mol. The van der Waals surface area contributed by atoms with Gasteiger partial charge in [-0.05, 0) is 27.2 Å². The zero-order valence-corrected chi connectivity index (χ0v) is 10.3. The van der Waals surface area contributed by atoms with E-state index in [1.807, 2.05) is 0 Å². The molecule has 0 aromatic heterocycles. The first kappa shape index (κ1) is 14.2. The smallest absolute Gasteiger partial charge is 0.410 e. The van der Waals surface area contributed by atoms with Gasteiger partial charge in [0.1, 0.15) is 5.60 Å². The standard InChI is InChI=1S/C11H19F2NO3/c1-11(2,3)17-10(16)14-5-7(9(12)13)4-8(15)6-14/h7-9,15H,4-6H2,1-3H3. The number of β-amino-alcohol motifs (C(OH)–C–C–N with tert-alkyl or cyclic N) is 1. The van der Waals surface area contributed by atoms with Crippen LogP contribution in [0.2, 0.25) is 0 Å². The molecule has 6 heteroatoms. The quantitative estimate of drug-likeness (QED) is 0.774. The van der Waals surface area contributed by atoms with Crippen molar-refractivity contribution < 1.29 is 23.4 Å². The molecule has 1 aliphatic heterocycles. The topological polar surface area (TPSA) is 49.8 Å². The van der Waals surface area contributed by atoms with Gasteiger partial charge in [0, 0.05) is 19.0 Å². The van der Waals surface area contributed by atoms with Crippen molar-refractivity contribution in [3.05, 3.63) is 0 Å². The lowest BCUT2D eigenvalue weighted by Gasteiger charge is -2.36. The average molecular weight is 251 g/mol. The van der Waals surface area contributed by atoms with Crippen LogP contribution in [0.5, 0.6) is 0 Å². The molecular weight excluding hydrogens is 232 g/mol. The van der Waals surface area contributed by atoms with Crippen LogP contribution in [0.1, 0.15) is 27.2 Å². The first-order valence-electron chi connectivity index (χ1n) is 5.63. The highest BCUT2D eigenvalue weighted by molar-refractivity contribution is 5.68. The Morgan fingerprint density at radius 2 is 2.00 bits per heavy atom. The largest absolute Gasteiger partial charge is 0.444 e. The highest BCUT2D eigenvalue weighted by Gasteiger charge is 2.35. The second-order valence-corrected chi connectivity index (χ2v) is 5.37. The van der Waals surface area contributed by atoms with Crippen molar-refractivity contribution in [2.75, 3.05) is 13.1 Å². The summed E-state index contributed by atoms with van der Waals surface area (Å²) in [5, 5.41) is 9.46. The van der Waals surface area contributed by atoms with Crippen LogP contribution in [0.25, 0.3) is 0 Å². The van der Waals surface area contributed by atoms with Crippen molar-refractivity contribution in [2.45, 2.75) is 45.3 Å². The fourth-order valence-electron chi connectivity index (χ4n) is 1.77. The summed E-state index contributed by atoms with van der Waals surface area (Å²) < 4.78 is 30.2. The Balaban J connectivity index is 2.61. The number of hydrogen-bond donors (Lipinski definition) is 1. The molecule has 1 rings (SSSR count). The van der Waals surface area contributed by atoms with Crippen LogP contribution in [-0.4, -0.2) is 47.3 Å². The molecule has 2 atom stereocenters. The monoisotopic (exact) mass is 251 g/mol. The number of aliphatic hydroxyl groups is 1. The molecule has 0 radical (unpaired) electrons. The van der Waals surface area contributed by atoms with Gasteiger partial charge >= 0.3 is 6.09 Å². The van der Waals surface area contributed by atoms with Crippen molar-refractivity contribution in [3.63, 3.8) is 0 Å². The highest BCUT2D eigenvalue weighted by Crippen LogP contribution is 2.24. The van der Waals surface area contributed by atoms with Crippen LogP contribution in [0.3, 0.4) is 0 Å². The van der Waals surface area contributed by atoms with Crippen molar-refractivity contribution >= 4 is 6.09 Å². The fourth-order valence-corrected chi connectivity index (χ4v) is 1.77. The first-order valence-corrected chi connectivity index (χ1v) is 5.63. The summed E-state index contributed by atoms with van der Waals surface area (Å²) in [7, 11) is 0. The van der Waals surface area contributed by atoms with Gasteiger partial charge in [0.2, 0.25) is 6.43 Å². The van der Waals surface area contributed by atoms with Gasteiger partial charge in [-0.1, -0.05) is 0 Å². The molecule has 0 bridgehead atoms. The summed E-state index contributed by atoms with van der Waals surface area (Å²) in [5.41, 5.74) is -0.667.